The summed E-state index contributed by atoms with van der Waals surface area (Å²) in [6.45, 7) is 7.71. The van der Waals surface area contributed by atoms with Crippen LogP contribution in [-0.2, 0) is 14.6 Å². The zero-order valence-electron chi connectivity index (χ0n) is 16.5. The fourth-order valence-corrected chi connectivity index (χ4v) is 3.71. The van der Waals surface area contributed by atoms with Crippen molar-refractivity contribution in [3.63, 3.8) is 0 Å². The number of carbonyl (C=O) groups excluding carboxylic acids is 1. The Balaban J connectivity index is 1.93. The lowest BCUT2D eigenvalue weighted by molar-refractivity contribution is -0.134. The second-order valence-electron chi connectivity index (χ2n) is 8.12. The first kappa shape index (κ1) is 21.0. The standard InChI is InChI=1S/C18H34N4O3S/c1-5-19-17(20-13-18(2,3)26(4,24)25)21-15-10-11-22(12-15)16(23)14-8-6-7-9-14/h14-15H,5-13H2,1-4H3,(H2,19,20,21). The molecule has 2 rings (SSSR count). The SMILES string of the molecule is CCNC(=NCC(C)(C)S(C)(=O)=O)NC1CCN(C(=O)C2CCCC2)C1. The molecule has 0 radical (unpaired) electrons. The van der Waals surface area contributed by atoms with Crippen molar-refractivity contribution < 1.29 is 13.2 Å². The van der Waals surface area contributed by atoms with Gasteiger partial charge in [-0.3, -0.25) is 9.79 Å². The normalized spacial score (nSPS) is 22.7. The molecule has 1 saturated carbocycles. The fraction of sp³-hybridized carbons (Fsp3) is 0.889. The van der Waals surface area contributed by atoms with Crippen LogP contribution in [0.4, 0.5) is 0 Å². The monoisotopic (exact) mass is 386 g/mol. The first-order chi connectivity index (χ1) is 12.1. The van der Waals surface area contributed by atoms with E-state index >= 15 is 0 Å². The molecule has 2 aliphatic rings. The van der Waals surface area contributed by atoms with Crippen LogP contribution in [0, 0.1) is 5.92 Å². The van der Waals surface area contributed by atoms with Crippen molar-refractivity contribution >= 4 is 21.7 Å². The summed E-state index contributed by atoms with van der Waals surface area (Å²) in [6.07, 6.45) is 6.51. The highest BCUT2D eigenvalue weighted by molar-refractivity contribution is 7.92. The zero-order chi connectivity index (χ0) is 19.4. The van der Waals surface area contributed by atoms with Gasteiger partial charge in [-0.25, -0.2) is 8.42 Å². The van der Waals surface area contributed by atoms with Crippen LogP contribution in [-0.4, -0.2) is 68.4 Å². The van der Waals surface area contributed by atoms with Gasteiger partial charge in [0, 0.05) is 37.8 Å². The summed E-state index contributed by atoms with van der Waals surface area (Å²) in [6, 6.07) is 0.152. The molecule has 0 bridgehead atoms. The van der Waals surface area contributed by atoms with Crippen molar-refractivity contribution in [2.75, 3.05) is 32.4 Å². The average Bonchev–Trinajstić information content (AvgIpc) is 3.23. The Morgan fingerprint density at radius 1 is 1.23 bits per heavy atom. The van der Waals surface area contributed by atoms with Crippen molar-refractivity contribution in [2.45, 2.75) is 63.7 Å². The van der Waals surface area contributed by atoms with Crippen molar-refractivity contribution in [3.8, 4) is 0 Å². The van der Waals surface area contributed by atoms with E-state index in [1.54, 1.807) is 13.8 Å². The van der Waals surface area contributed by atoms with Gasteiger partial charge < -0.3 is 15.5 Å². The maximum absolute atomic E-state index is 12.6. The molecule has 26 heavy (non-hydrogen) atoms. The van der Waals surface area contributed by atoms with E-state index in [0.717, 1.165) is 25.8 Å². The summed E-state index contributed by atoms with van der Waals surface area (Å²) in [4.78, 5) is 19.0. The minimum Gasteiger partial charge on any atom is -0.357 e. The topological polar surface area (TPSA) is 90.9 Å². The predicted molar refractivity (Wildman–Crippen MR) is 105 cm³/mol. The molecule has 1 unspecified atom stereocenters. The minimum atomic E-state index is -3.19. The highest BCUT2D eigenvalue weighted by Crippen LogP contribution is 2.27. The number of nitrogens with one attached hydrogen (secondary N) is 2. The van der Waals surface area contributed by atoms with Crippen molar-refractivity contribution in [1.29, 1.82) is 0 Å². The average molecular weight is 387 g/mol. The van der Waals surface area contributed by atoms with Gasteiger partial charge in [-0.2, -0.15) is 0 Å². The van der Waals surface area contributed by atoms with Gasteiger partial charge in [0.1, 0.15) is 0 Å². The summed E-state index contributed by atoms with van der Waals surface area (Å²) in [5.74, 6) is 1.13. The van der Waals surface area contributed by atoms with Gasteiger partial charge in [-0.1, -0.05) is 12.8 Å². The van der Waals surface area contributed by atoms with Crippen LogP contribution < -0.4 is 10.6 Å². The lowest BCUT2D eigenvalue weighted by atomic mass is 10.1. The van der Waals surface area contributed by atoms with E-state index in [0.29, 0.717) is 25.0 Å². The van der Waals surface area contributed by atoms with Crippen LogP contribution in [0.15, 0.2) is 4.99 Å². The number of carbonyl (C=O) groups is 1. The van der Waals surface area contributed by atoms with E-state index in [1.807, 2.05) is 11.8 Å². The number of hydrogen-bond acceptors (Lipinski definition) is 4. The summed E-state index contributed by atoms with van der Waals surface area (Å²) < 4.78 is 22.8. The number of rotatable bonds is 6. The first-order valence-electron chi connectivity index (χ1n) is 9.67. The number of hydrogen-bond donors (Lipinski definition) is 2. The predicted octanol–water partition coefficient (Wildman–Crippen LogP) is 1.16. The number of guanidine groups is 1. The Hall–Kier alpha value is -1.31. The van der Waals surface area contributed by atoms with Crippen LogP contribution in [0.3, 0.4) is 0 Å². The molecule has 7 nitrogen and oxygen atoms in total. The Morgan fingerprint density at radius 3 is 2.46 bits per heavy atom. The van der Waals surface area contributed by atoms with E-state index in [2.05, 4.69) is 15.6 Å². The summed E-state index contributed by atoms with van der Waals surface area (Å²) in [5.41, 5.74) is 0. The first-order valence-corrected chi connectivity index (χ1v) is 11.6. The largest absolute Gasteiger partial charge is 0.357 e. The Kier molecular flexibility index (Phi) is 6.93. The molecular formula is C18H34N4O3S. The van der Waals surface area contributed by atoms with E-state index in [9.17, 15) is 13.2 Å². The van der Waals surface area contributed by atoms with Gasteiger partial charge in [0.15, 0.2) is 15.8 Å². The molecule has 0 aromatic carbocycles. The third kappa shape index (κ3) is 5.34. The molecule has 1 atom stereocenters. The third-order valence-electron chi connectivity index (χ3n) is 5.51. The smallest absolute Gasteiger partial charge is 0.225 e. The molecule has 150 valence electrons. The van der Waals surface area contributed by atoms with Gasteiger partial charge >= 0.3 is 0 Å². The van der Waals surface area contributed by atoms with Crippen molar-refractivity contribution in [2.24, 2.45) is 10.9 Å². The highest BCUT2D eigenvalue weighted by atomic mass is 32.2. The Bertz CT molecular complexity index is 624. The molecular weight excluding hydrogens is 352 g/mol. The lowest BCUT2D eigenvalue weighted by Crippen LogP contribution is -2.46. The van der Waals surface area contributed by atoms with Gasteiger partial charge in [-0.15, -0.1) is 0 Å². The number of aliphatic imine (C=N–C) groups is 1. The van der Waals surface area contributed by atoms with Crippen molar-refractivity contribution in [3.05, 3.63) is 0 Å². The Morgan fingerprint density at radius 2 is 1.88 bits per heavy atom. The zero-order valence-corrected chi connectivity index (χ0v) is 17.4. The lowest BCUT2D eigenvalue weighted by Gasteiger charge is -2.23. The second kappa shape index (κ2) is 8.59. The summed E-state index contributed by atoms with van der Waals surface area (Å²) >= 11 is 0. The van der Waals surface area contributed by atoms with Gasteiger partial charge in [0.2, 0.25) is 5.91 Å². The molecule has 1 aliphatic carbocycles. The highest BCUT2D eigenvalue weighted by Gasteiger charge is 2.33. The number of sulfone groups is 1. The molecule has 2 fully saturated rings. The van der Waals surface area contributed by atoms with Crippen LogP contribution in [0.25, 0.3) is 0 Å². The Labute approximate surface area is 157 Å². The molecule has 2 N–H and O–H groups in total. The van der Waals surface area contributed by atoms with E-state index < -0.39 is 14.6 Å². The van der Waals surface area contributed by atoms with Crippen molar-refractivity contribution in [1.82, 2.24) is 15.5 Å². The van der Waals surface area contributed by atoms with Crippen LogP contribution in [0.5, 0.6) is 0 Å². The molecule has 8 heteroatoms. The number of amides is 1. The van der Waals surface area contributed by atoms with Crippen LogP contribution in [0.2, 0.25) is 0 Å². The van der Waals surface area contributed by atoms with Gasteiger partial charge in [-0.05, 0) is 40.0 Å². The summed E-state index contributed by atoms with van der Waals surface area (Å²) in [5, 5.41) is 6.54. The fourth-order valence-electron chi connectivity index (χ4n) is 3.41. The summed E-state index contributed by atoms with van der Waals surface area (Å²) in [7, 11) is -3.19. The van der Waals surface area contributed by atoms with Crippen LogP contribution in [0.1, 0.15) is 52.9 Å². The molecule has 1 heterocycles. The van der Waals surface area contributed by atoms with E-state index in [1.165, 1.54) is 19.1 Å². The van der Waals surface area contributed by atoms with Crippen LogP contribution >= 0.6 is 0 Å². The molecule has 1 saturated heterocycles. The molecule has 1 aliphatic heterocycles. The molecule has 1 amide bonds. The third-order valence-corrected chi connectivity index (χ3v) is 7.65. The maximum atomic E-state index is 12.6. The van der Waals surface area contributed by atoms with E-state index in [-0.39, 0.29) is 18.5 Å². The van der Waals surface area contributed by atoms with Gasteiger partial charge in [0.25, 0.3) is 0 Å². The number of likely N-dealkylation sites (tertiary alicyclic amines) is 1. The molecule has 0 aromatic heterocycles. The molecule has 0 spiro atoms. The van der Waals surface area contributed by atoms with Gasteiger partial charge in [0.05, 0.1) is 11.3 Å². The van der Waals surface area contributed by atoms with E-state index in [4.69, 9.17) is 0 Å². The second-order valence-corrected chi connectivity index (χ2v) is 10.8. The minimum absolute atomic E-state index is 0.152. The maximum Gasteiger partial charge on any atom is 0.225 e. The molecule has 0 aromatic rings. The number of nitrogens with zero attached hydrogens (tertiary/aromatic N) is 2. The quantitative estimate of drug-likeness (QED) is 0.528.